The summed E-state index contributed by atoms with van der Waals surface area (Å²) in [6.45, 7) is 12.2. The topological polar surface area (TPSA) is 76.2 Å². The minimum Gasteiger partial charge on any atom is -0.338 e. The monoisotopic (exact) mass is 331 g/mol. The lowest BCUT2D eigenvalue weighted by Gasteiger charge is -2.39. The van der Waals surface area contributed by atoms with Crippen LogP contribution in [0.3, 0.4) is 0 Å². The molecule has 0 bridgehead atoms. The summed E-state index contributed by atoms with van der Waals surface area (Å²) in [5.41, 5.74) is 2.92. The molecule has 0 atom stereocenters. The Morgan fingerprint density at radius 1 is 1.33 bits per heavy atom. The van der Waals surface area contributed by atoms with Crippen LogP contribution in [0.5, 0.6) is 0 Å². The van der Waals surface area contributed by atoms with Gasteiger partial charge in [-0.15, -0.1) is 0 Å². The number of carbonyl (C=O) groups excluding carboxylic acids is 1. The predicted molar refractivity (Wildman–Crippen MR) is 91.0 cm³/mol. The third-order valence-electron chi connectivity index (χ3n) is 4.24. The van der Waals surface area contributed by atoms with E-state index in [-0.39, 0.29) is 11.3 Å². The molecule has 0 saturated carbocycles. The van der Waals surface area contributed by atoms with Crippen LogP contribution in [0.2, 0.25) is 0 Å². The normalized spacial score (nSPS) is 16.2. The molecule has 1 fully saturated rings. The summed E-state index contributed by atoms with van der Waals surface area (Å²) >= 11 is 0. The van der Waals surface area contributed by atoms with E-state index in [0.717, 1.165) is 30.2 Å². The van der Waals surface area contributed by atoms with Gasteiger partial charge >= 0.3 is 0 Å². The fourth-order valence-corrected chi connectivity index (χ4v) is 2.91. The molecule has 3 heterocycles. The molecule has 7 heteroatoms. The summed E-state index contributed by atoms with van der Waals surface area (Å²) in [4.78, 5) is 14.2. The molecular formula is C17H25N5O2. The Morgan fingerprint density at radius 3 is 2.58 bits per heavy atom. The fraction of sp³-hybridized carbons (Fsp3) is 0.588. The van der Waals surface area contributed by atoms with Gasteiger partial charge in [0.25, 0.3) is 0 Å². The molecule has 24 heavy (non-hydrogen) atoms. The highest BCUT2D eigenvalue weighted by atomic mass is 16.5. The van der Waals surface area contributed by atoms with Crippen LogP contribution < -0.4 is 5.32 Å². The fourth-order valence-electron chi connectivity index (χ4n) is 2.91. The molecule has 3 rings (SSSR count). The second-order valence-corrected chi connectivity index (χ2v) is 7.59. The number of amides is 1. The van der Waals surface area contributed by atoms with Gasteiger partial charge < -0.3 is 4.52 Å². The largest absolute Gasteiger partial charge is 0.338 e. The standard InChI is InChI=1S/C17H25N5O2/c1-11-6-12(2)22(19-11)13-8-21(9-13)10-15(23)18-16-7-14(20-24-16)17(3,4)5/h6-7,13H,8-10H2,1-5H3,(H,18,23). The minimum absolute atomic E-state index is 0.0848. The average Bonchev–Trinajstić information content (AvgIpc) is 3.00. The third kappa shape index (κ3) is 3.51. The van der Waals surface area contributed by atoms with Crippen LogP contribution >= 0.6 is 0 Å². The van der Waals surface area contributed by atoms with E-state index in [2.05, 4.69) is 58.9 Å². The van der Waals surface area contributed by atoms with Crippen LogP contribution in [0.4, 0.5) is 5.88 Å². The van der Waals surface area contributed by atoms with Crippen molar-refractivity contribution in [1.29, 1.82) is 0 Å². The van der Waals surface area contributed by atoms with Crippen LogP contribution in [0, 0.1) is 13.8 Å². The highest BCUT2D eigenvalue weighted by Crippen LogP contribution is 2.24. The molecule has 0 unspecified atom stereocenters. The van der Waals surface area contributed by atoms with E-state index < -0.39 is 0 Å². The SMILES string of the molecule is Cc1cc(C)n(C2CN(CC(=O)Nc3cc(C(C)(C)C)no3)C2)n1. The zero-order valence-corrected chi connectivity index (χ0v) is 15.0. The van der Waals surface area contributed by atoms with Gasteiger partial charge in [0.2, 0.25) is 11.8 Å². The van der Waals surface area contributed by atoms with Gasteiger partial charge in [0.15, 0.2) is 0 Å². The Balaban J connectivity index is 1.49. The number of anilines is 1. The van der Waals surface area contributed by atoms with Crippen molar-refractivity contribution in [1.82, 2.24) is 19.8 Å². The van der Waals surface area contributed by atoms with E-state index in [1.165, 1.54) is 0 Å². The number of rotatable bonds is 4. The van der Waals surface area contributed by atoms with Gasteiger partial charge in [-0.1, -0.05) is 25.9 Å². The van der Waals surface area contributed by atoms with Gasteiger partial charge in [-0.05, 0) is 19.9 Å². The molecule has 1 saturated heterocycles. The van der Waals surface area contributed by atoms with Gasteiger partial charge in [-0.3, -0.25) is 19.7 Å². The Labute approximate surface area is 142 Å². The number of carbonyl (C=O) groups is 1. The molecule has 0 radical (unpaired) electrons. The number of nitrogens with zero attached hydrogens (tertiary/aromatic N) is 4. The quantitative estimate of drug-likeness (QED) is 0.930. The lowest BCUT2D eigenvalue weighted by Crippen LogP contribution is -2.51. The summed E-state index contributed by atoms with van der Waals surface area (Å²) in [5, 5.41) is 11.3. The number of aryl methyl sites for hydroxylation is 2. The second kappa shape index (κ2) is 6.05. The van der Waals surface area contributed by atoms with Crippen LogP contribution in [-0.2, 0) is 10.2 Å². The lowest BCUT2D eigenvalue weighted by molar-refractivity contribution is -0.118. The van der Waals surface area contributed by atoms with E-state index in [1.807, 2.05) is 6.92 Å². The first-order valence-corrected chi connectivity index (χ1v) is 8.24. The van der Waals surface area contributed by atoms with Crippen LogP contribution in [0.25, 0.3) is 0 Å². The van der Waals surface area contributed by atoms with Gasteiger partial charge in [0.05, 0.1) is 24.0 Å². The van der Waals surface area contributed by atoms with E-state index in [0.29, 0.717) is 18.5 Å². The number of hydrogen-bond donors (Lipinski definition) is 1. The van der Waals surface area contributed by atoms with Crippen molar-refractivity contribution in [3.63, 3.8) is 0 Å². The first-order chi connectivity index (χ1) is 11.2. The zero-order valence-electron chi connectivity index (χ0n) is 15.0. The van der Waals surface area contributed by atoms with E-state index in [1.54, 1.807) is 6.07 Å². The molecule has 2 aromatic heterocycles. The van der Waals surface area contributed by atoms with Crippen molar-refractivity contribution in [2.75, 3.05) is 25.0 Å². The van der Waals surface area contributed by atoms with Gasteiger partial charge in [-0.2, -0.15) is 5.10 Å². The molecule has 7 nitrogen and oxygen atoms in total. The molecular weight excluding hydrogens is 306 g/mol. The third-order valence-corrected chi connectivity index (χ3v) is 4.24. The van der Waals surface area contributed by atoms with Crippen molar-refractivity contribution in [3.05, 3.63) is 29.2 Å². The molecule has 1 N–H and O–H groups in total. The molecule has 1 amide bonds. The predicted octanol–water partition coefficient (Wildman–Crippen LogP) is 2.28. The maximum Gasteiger partial charge on any atom is 0.240 e. The van der Waals surface area contributed by atoms with Gasteiger partial charge in [-0.25, -0.2) is 0 Å². The highest BCUT2D eigenvalue weighted by Gasteiger charge is 2.31. The Morgan fingerprint density at radius 2 is 2.04 bits per heavy atom. The number of hydrogen-bond acceptors (Lipinski definition) is 5. The Hall–Kier alpha value is -2.15. The number of nitrogens with one attached hydrogen (secondary N) is 1. The summed E-state index contributed by atoms with van der Waals surface area (Å²) in [6, 6.07) is 4.21. The average molecular weight is 331 g/mol. The Bertz CT molecular complexity index is 734. The van der Waals surface area contributed by atoms with Crippen LogP contribution in [0.15, 0.2) is 16.7 Å². The summed E-state index contributed by atoms with van der Waals surface area (Å²) in [7, 11) is 0. The smallest absolute Gasteiger partial charge is 0.240 e. The molecule has 0 aliphatic carbocycles. The van der Waals surface area contributed by atoms with E-state index in [9.17, 15) is 4.79 Å². The number of likely N-dealkylation sites (tertiary alicyclic amines) is 1. The van der Waals surface area contributed by atoms with Crippen LogP contribution in [0.1, 0.15) is 43.9 Å². The maximum atomic E-state index is 12.1. The lowest BCUT2D eigenvalue weighted by atomic mass is 9.92. The number of aromatic nitrogens is 3. The zero-order chi connectivity index (χ0) is 17.5. The van der Waals surface area contributed by atoms with Crippen molar-refractivity contribution in [2.45, 2.75) is 46.1 Å². The van der Waals surface area contributed by atoms with Crippen molar-refractivity contribution < 1.29 is 9.32 Å². The van der Waals surface area contributed by atoms with Gasteiger partial charge in [0.1, 0.15) is 0 Å². The Kier molecular flexibility index (Phi) is 4.21. The summed E-state index contributed by atoms with van der Waals surface area (Å²) in [6.07, 6.45) is 0. The van der Waals surface area contributed by atoms with E-state index in [4.69, 9.17) is 4.52 Å². The van der Waals surface area contributed by atoms with Crippen molar-refractivity contribution in [3.8, 4) is 0 Å². The maximum absolute atomic E-state index is 12.1. The van der Waals surface area contributed by atoms with Crippen LogP contribution in [-0.4, -0.2) is 45.4 Å². The molecule has 130 valence electrons. The summed E-state index contributed by atoms with van der Waals surface area (Å²) in [5.74, 6) is 0.318. The molecule has 1 aliphatic rings. The first kappa shape index (κ1) is 16.7. The second-order valence-electron chi connectivity index (χ2n) is 7.59. The van der Waals surface area contributed by atoms with Gasteiger partial charge in [0, 0.05) is 30.3 Å². The summed E-state index contributed by atoms with van der Waals surface area (Å²) < 4.78 is 7.24. The molecule has 1 aliphatic heterocycles. The molecule has 0 spiro atoms. The van der Waals surface area contributed by atoms with E-state index >= 15 is 0 Å². The highest BCUT2D eigenvalue weighted by molar-refractivity contribution is 5.91. The first-order valence-electron chi connectivity index (χ1n) is 8.24. The van der Waals surface area contributed by atoms with Crippen molar-refractivity contribution in [2.24, 2.45) is 0 Å². The van der Waals surface area contributed by atoms with Crippen molar-refractivity contribution >= 4 is 11.8 Å². The molecule has 2 aromatic rings. The molecule has 0 aromatic carbocycles. The minimum atomic E-state index is -0.100.